The Morgan fingerprint density at radius 2 is 2.04 bits per heavy atom. The molecule has 4 heterocycles. The lowest BCUT2D eigenvalue weighted by molar-refractivity contribution is 0.161. The highest BCUT2D eigenvalue weighted by Gasteiger charge is 2.25. The number of allylic oxidation sites excluding steroid dienone is 1. The van der Waals surface area contributed by atoms with Gasteiger partial charge in [0, 0.05) is 39.3 Å². The number of hydrogen-bond donors (Lipinski definition) is 1. The van der Waals surface area contributed by atoms with Gasteiger partial charge in [0.2, 0.25) is 0 Å². The van der Waals surface area contributed by atoms with Crippen molar-refractivity contribution >= 4 is 39.6 Å². The van der Waals surface area contributed by atoms with E-state index in [1.165, 1.54) is 59.9 Å². The predicted molar refractivity (Wildman–Crippen MR) is 119 cm³/mol. The van der Waals surface area contributed by atoms with Crippen LogP contribution in [-0.4, -0.2) is 29.0 Å². The van der Waals surface area contributed by atoms with Gasteiger partial charge in [0.25, 0.3) is 0 Å². The number of aromatic nitrogens is 1. The van der Waals surface area contributed by atoms with E-state index < -0.39 is 0 Å². The van der Waals surface area contributed by atoms with Crippen molar-refractivity contribution < 1.29 is 0 Å². The molecule has 2 aromatic heterocycles. The van der Waals surface area contributed by atoms with Crippen LogP contribution in [0.25, 0.3) is 26.9 Å². The van der Waals surface area contributed by atoms with E-state index in [4.69, 9.17) is 12.6 Å². The number of thiol groups is 1. The first-order chi connectivity index (χ1) is 13.3. The molecule has 3 aromatic rings. The molecular weight excluding hydrogens is 368 g/mol. The Bertz CT molecular complexity index is 990. The molecule has 1 saturated heterocycles. The molecule has 0 spiro atoms. The number of nitrogens with zero attached hydrogens (tertiary/aromatic N) is 2. The minimum Gasteiger partial charge on any atom is -0.297 e. The van der Waals surface area contributed by atoms with E-state index in [2.05, 4.69) is 39.5 Å². The standard InChI is InChI=1S/C23H24N2S2/c26-23-18(20-6-1-3-12-24-20)9-10-21-22(23)19(15-27-21)16-7-8-17-5-2-4-13-25(17)14-11-16/h1,3,6,9-12,15,17,26H,2,4-5,7-8,13-14H2. The van der Waals surface area contributed by atoms with Gasteiger partial charge in [-0.15, -0.1) is 24.0 Å². The summed E-state index contributed by atoms with van der Waals surface area (Å²) < 4.78 is 1.32. The Morgan fingerprint density at radius 3 is 2.93 bits per heavy atom. The maximum Gasteiger partial charge on any atom is 0.0713 e. The summed E-state index contributed by atoms with van der Waals surface area (Å²) in [5, 5.41) is 3.64. The third-order valence-corrected chi connectivity index (χ3v) is 7.48. The third-order valence-electron chi connectivity index (χ3n) is 6.07. The largest absolute Gasteiger partial charge is 0.297 e. The molecule has 2 aliphatic rings. The van der Waals surface area contributed by atoms with Crippen molar-refractivity contribution in [3.05, 3.63) is 53.5 Å². The molecule has 4 heteroatoms. The molecule has 2 nitrogen and oxygen atoms in total. The van der Waals surface area contributed by atoms with E-state index in [0.29, 0.717) is 0 Å². The van der Waals surface area contributed by atoms with Crippen LogP contribution in [0.3, 0.4) is 0 Å². The first kappa shape index (κ1) is 17.5. The normalized spacial score (nSPS) is 20.9. The van der Waals surface area contributed by atoms with Crippen LogP contribution in [0, 0.1) is 0 Å². The Labute approximate surface area is 170 Å². The SMILES string of the molecule is Sc1c(-c2ccccn2)ccc2scc(C3=CCN4CCCCC4CC3)c12. The summed E-state index contributed by atoms with van der Waals surface area (Å²) in [6, 6.07) is 11.2. The molecule has 2 aliphatic heterocycles. The molecule has 1 atom stereocenters. The molecule has 0 radical (unpaired) electrons. The van der Waals surface area contributed by atoms with Gasteiger partial charge < -0.3 is 0 Å². The van der Waals surface area contributed by atoms with Crippen molar-refractivity contribution in [3.63, 3.8) is 0 Å². The highest BCUT2D eigenvalue weighted by molar-refractivity contribution is 7.80. The number of fused-ring (bicyclic) bond motifs is 2. The van der Waals surface area contributed by atoms with Crippen molar-refractivity contribution in [3.8, 4) is 11.3 Å². The molecule has 0 aliphatic carbocycles. The summed E-state index contributed by atoms with van der Waals surface area (Å²) in [6.07, 6.45) is 10.9. The molecule has 0 saturated carbocycles. The number of pyridine rings is 1. The first-order valence-corrected chi connectivity index (χ1v) is 11.2. The lowest BCUT2D eigenvalue weighted by atomic mass is 9.95. The molecule has 138 valence electrons. The number of benzene rings is 1. The number of hydrogen-bond acceptors (Lipinski definition) is 4. The molecule has 0 bridgehead atoms. The van der Waals surface area contributed by atoms with Crippen LogP contribution < -0.4 is 0 Å². The zero-order chi connectivity index (χ0) is 18.2. The van der Waals surface area contributed by atoms with E-state index in [-0.39, 0.29) is 0 Å². The van der Waals surface area contributed by atoms with Gasteiger partial charge in [0.15, 0.2) is 0 Å². The van der Waals surface area contributed by atoms with E-state index in [0.717, 1.165) is 28.7 Å². The van der Waals surface area contributed by atoms with Gasteiger partial charge >= 0.3 is 0 Å². The zero-order valence-electron chi connectivity index (χ0n) is 15.4. The molecule has 0 amide bonds. The Morgan fingerprint density at radius 1 is 1.07 bits per heavy atom. The highest BCUT2D eigenvalue weighted by Crippen LogP contribution is 2.41. The van der Waals surface area contributed by atoms with Gasteiger partial charge in [-0.2, -0.15) is 0 Å². The fourth-order valence-corrected chi connectivity index (χ4v) is 6.10. The van der Waals surface area contributed by atoms with Gasteiger partial charge in [-0.3, -0.25) is 9.88 Å². The van der Waals surface area contributed by atoms with Gasteiger partial charge in [0.1, 0.15) is 0 Å². The first-order valence-electron chi connectivity index (χ1n) is 9.89. The summed E-state index contributed by atoms with van der Waals surface area (Å²) in [5.41, 5.74) is 5.01. The summed E-state index contributed by atoms with van der Waals surface area (Å²) >= 11 is 6.80. The average Bonchev–Trinajstić information content (AvgIpc) is 3.03. The monoisotopic (exact) mass is 392 g/mol. The topological polar surface area (TPSA) is 16.1 Å². The molecule has 0 N–H and O–H groups in total. The van der Waals surface area contributed by atoms with Crippen LogP contribution in [0.4, 0.5) is 0 Å². The summed E-state index contributed by atoms with van der Waals surface area (Å²) in [4.78, 5) is 8.29. The second-order valence-electron chi connectivity index (χ2n) is 7.61. The Kier molecular flexibility index (Phi) is 4.80. The number of rotatable bonds is 2. The molecular formula is C23H24N2S2. The van der Waals surface area contributed by atoms with Crippen LogP contribution in [0.1, 0.15) is 37.7 Å². The lowest BCUT2D eigenvalue weighted by Gasteiger charge is -2.33. The van der Waals surface area contributed by atoms with Crippen molar-refractivity contribution in [1.82, 2.24) is 9.88 Å². The average molecular weight is 393 g/mol. The molecule has 1 aromatic carbocycles. The minimum atomic E-state index is 0.775. The third kappa shape index (κ3) is 3.24. The smallest absolute Gasteiger partial charge is 0.0713 e. The van der Waals surface area contributed by atoms with Crippen LogP contribution in [0.2, 0.25) is 0 Å². The van der Waals surface area contributed by atoms with E-state index in [9.17, 15) is 0 Å². The second-order valence-corrected chi connectivity index (χ2v) is 8.97. The fraction of sp³-hybridized carbons (Fsp3) is 0.348. The summed E-state index contributed by atoms with van der Waals surface area (Å²) in [7, 11) is 0. The maximum absolute atomic E-state index is 4.97. The predicted octanol–water partition coefficient (Wildman–Crippen LogP) is 6.28. The molecule has 5 rings (SSSR count). The van der Waals surface area contributed by atoms with E-state index >= 15 is 0 Å². The fourth-order valence-electron chi connectivity index (χ4n) is 4.60. The van der Waals surface area contributed by atoms with Crippen molar-refractivity contribution in [2.24, 2.45) is 0 Å². The van der Waals surface area contributed by atoms with Gasteiger partial charge in [-0.25, -0.2) is 0 Å². The molecule has 27 heavy (non-hydrogen) atoms. The van der Waals surface area contributed by atoms with Gasteiger partial charge in [0.05, 0.1) is 5.69 Å². The van der Waals surface area contributed by atoms with Crippen LogP contribution in [-0.2, 0) is 0 Å². The van der Waals surface area contributed by atoms with E-state index in [1.54, 1.807) is 0 Å². The Hall–Kier alpha value is -1.62. The van der Waals surface area contributed by atoms with Gasteiger partial charge in [-0.1, -0.05) is 24.6 Å². The maximum atomic E-state index is 4.97. The lowest BCUT2D eigenvalue weighted by Crippen LogP contribution is -2.38. The minimum absolute atomic E-state index is 0.775. The van der Waals surface area contributed by atoms with Crippen LogP contribution in [0.5, 0.6) is 0 Å². The number of thiophene rings is 1. The summed E-state index contributed by atoms with van der Waals surface area (Å²) in [6.45, 7) is 2.36. The Balaban J connectivity index is 1.57. The van der Waals surface area contributed by atoms with Gasteiger partial charge in [-0.05, 0) is 66.9 Å². The molecule has 1 unspecified atom stereocenters. The van der Waals surface area contributed by atoms with Crippen LogP contribution >= 0.6 is 24.0 Å². The number of piperidine rings is 1. The van der Waals surface area contributed by atoms with Crippen molar-refractivity contribution in [2.75, 3.05) is 13.1 Å². The summed E-state index contributed by atoms with van der Waals surface area (Å²) in [5.74, 6) is 0. The zero-order valence-corrected chi connectivity index (χ0v) is 17.1. The van der Waals surface area contributed by atoms with E-state index in [1.807, 2.05) is 29.7 Å². The van der Waals surface area contributed by atoms with Crippen molar-refractivity contribution in [1.29, 1.82) is 0 Å². The second kappa shape index (κ2) is 7.42. The molecule has 1 fully saturated rings. The highest BCUT2D eigenvalue weighted by atomic mass is 32.1. The quantitative estimate of drug-likeness (QED) is 0.516. The van der Waals surface area contributed by atoms with Crippen LogP contribution in [0.15, 0.2) is 52.9 Å². The van der Waals surface area contributed by atoms with Crippen molar-refractivity contribution in [2.45, 2.75) is 43.0 Å².